The molecular weight excluding hydrogens is 346 g/mol. The molecule has 154 valence electrons. The summed E-state index contributed by atoms with van der Waals surface area (Å²) in [6, 6.07) is 8.76. The average molecular weight is 384 g/mol. The molecule has 0 amide bonds. The van der Waals surface area contributed by atoms with Crippen LogP contribution in [-0.4, -0.2) is 97.6 Å². The number of hydrogen-bond acceptors (Lipinski definition) is 4. The van der Waals surface area contributed by atoms with Crippen LogP contribution in [0.3, 0.4) is 0 Å². The van der Waals surface area contributed by atoms with Crippen molar-refractivity contribution in [2.75, 3.05) is 73.0 Å². The molecule has 0 spiro atoms. The van der Waals surface area contributed by atoms with E-state index in [2.05, 4.69) is 62.9 Å². The van der Waals surface area contributed by atoms with Gasteiger partial charge in [-0.1, -0.05) is 18.2 Å². The highest BCUT2D eigenvalue weighted by Gasteiger charge is 2.21. The van der Waals surface area contributed by atoms with E-state index in [0.717, 1.165) is 6.54 Å². The van der Waals surface area contributed by atoms with Crippen LogP contribution in [0.2, 0.25) is 0 Å². The summed E-state index contributed by atoms with van der Waals surface area (Å²) in [4.78, 5) is 13.9. The second kappa shape index (κ2) is 9.40. The molecule has 1 aromatic heterocycles. The van der Waals surface area contributed by atoms with Crippen molar-refractivity contribution in [1.29, 1.82) is 0 Å². The molecule has 4 rings (SSSR count). The van der Waals surface area contributed by atoms with Crippen molar-refractivity contribution in [1.82, 2.24) is 24.6 Å². The van der Waals surface area contributed by atoms with Crippen molar-refractivity contribution >= 4 is 10.9 Å². The molecule has 3 heterocycles. The van der Waals surface area contributed by atoms with E-state index in [1.165, 1.54) is 94.8 Å². The first-order valence-corrected chi connectivity index (χ1v) is 11.1. The topological polar surface area (TPSA) is 28.8 Å². The van der Waals surface area contributed by atoms with Gasteiger partial charge in [0.2, 0.25) is 0 Å². The molecule has 1 aromatic carbocycles. The molecule has 0 saturated carbocycles. The average Bonchev–Trinajstić information content (AvgIpc) is 3.07. The van der Waals surface area contributed by atoms with Gasteiger partial charge in [0.1, 0.15) is 0 Å². The number of nitrogens with zero attached hydrogens (tertiary/aromatic N) is 4. The van der Waals surface area contributed by atoms with Crippen LogP contribution < -0.4 is 0 Å². The summed E-state index contributed by atoms with van der Waals surface area (Å²) in [6.45, 7) is 12.2. The Labute approximate surface area is 170 Å². The molecule has 0 bridgehead atoms. The largest absolute Gasteiger partial charge is 0.357 e. The van der Waals surface area contributed by atoms with Crippen molar-refractivity contribution in [3.8, 4) is 0 Å². The Morgan fingerprint density at radius 1 is 0.857 bits per heavy atom. The zero-order valence-corrected chi connectivity index (χ0v) is 17.8. The van der Waals surface area contributed by atoms with Crippen LogP contribution >= 0.6 is 0 Å². The summed E-state index contributed by atoms with van der Waals surface area (Å²) < 4.78 is 0. The van der Waals surface area contributed by atoms with Gasteiger partial charge < -0.3 is 19.7 Å². The summed E-state index contributed by atoms with van der Waals surface area (Å²) in [6.07, 6.45) is 3.76. The first-order chi connectivity index (χ1) is 13.7. The Morgan fingerprint density at radius 2 is 1.54 bits per heavy atom. The molecule has 28 heavy (non-hydrogen) atoms. The fourth-order valence-corrected chi connectivity index (χ4v) is 4.80. The SMILES string of the molecule is CN(C)CCCN1CCN(CCCN2CCc3c([nH]c4ccccc34)C2)CC1. The third-order valence-electron chi connectivity index (χ3n) is 6.46. The van der Waals surface area contributed by atoms with Gasteiger partial charge in [-0.2, -0.15) is 0 Å². The zero-order valence-electron chi connectivity index (χ0n) is 17.8. The van der Waals surface area contributed by atoms with Gasteiger partial charge in [-0.25, -0.2) is 0 Å². The van der Waals surface area contributed by atoms with Crippen LogP contribution in [0.4, 0.5) is 0 Å². The van der Waals surface area contributed by atoms with Crippen LogP contribution in [0.1, 0.15) is 24.1 Å². The number of benzene rings is 1. The minimum Gasteiger partial charge on any atom is -0.357 e. The lowest BCUT2D eigenvalue weighted by molar-refractivity contribution is 0.122. The Kier molecular flexibility index (Phi) is 6.68. The minimum atomic E-state index is 1.09. The number of H-pyrrole nitrogens is 1. The predicted octanol–water partition coefficient (Wildman–Crippen LogP) is 2.49. The third kappa shape index (κ3) is 4.95. The smallest absolute Gasteiger partial charge is 0.0459 e. The van der Waals surface area contributed by atoms with Crippen molar-refractivity contribution in [2.24, 2.45) is 0 Å². The number of piperazine rings is 1. The molecule has 0 atom stereocenters. The Balaban J connectivity index is 1.16. The summed E-state index contributed by atoms with van der Waals surface area (Å²) in [5.74, 6) is 0. The van der Waals surface area contributed by atoms with Crippen LogP contribution in [0, 0.1) is 0 Å². The van der Waals surface area contributed by atoms with E-state index in [9.17, 15) is 0 Å². The van der Waals surface area contributed by atoms with E-state index in [0.29, 0.717) is 0 Å². The summed E-state index contributed by atoms with van der Waals surface area (Å²) in [5, 5.41) is 1.43. The van der Waals surface area contributed by atoms with Crippen LogP contribution in [0.25, 0.3) is 10.9 Å². The minimum absolute atomic E-state index is 1.09. The van der Waals surface area contributed by atoms with Crippen LogP contribution in [0.5, 0.6) is 0 Å². The fourth-order valence-electron chi connectivity index (χ4n) is 4.80. The highest BCUT2D eigenvalue weighted by Crippen LogP contribution is 2.27. The number of aromatic amines is 1. The molecule has 0 radical (unpaired) electrons. The van der Waals surface area contributed by atoms with Crippen LogP contribution in [-0.2, 0) is 13.0 Å². The van der Waals surface area contributed by atoms with E-state index in [-0.39, 0.29) is 0 Å². The first-order valence-electron chi connectivity index (χ1n) is 11.1. The van der Waals surface area contributed by atoms with Crippen LogP contribution in [0.15, 0.2) is 24.3 Å². The highest BCUT2D eigenvalue weighted by molar-refractivity contribution is 5.84. The van der Waals surface area contributed by atoms with Crippen molar-refractivity contribution in [3.05, 3.63) is 35.5 Å². The third-order valence-corrected chi connectivity index (χ3v) is 6.46. The van der Waals surface area contributed by atoms with Gasteiger partial charge in [0, 0.05) is 55.9 Å². The molecule has 0 aliphatic carbocycles. The lowest BCUT2D eigenvalue weighted by Gasteiger charge is -2.35. The van der Waals surface area contributed by atoms with E-state index in [1.54, 1.807) is 5.56 Å². The molecule has 5 nitrogen and oxygen atoms in total. The molecular formula is C23H37N5. The lowest BCUT2D eigenvalue weighted by atomic mass is 10.0. The van der Waals surface area contributed by atoms with Crippen molar-refractivity contribution in [3.63, 3.8) is 0 Å². The van der Waals surface area contributed by atoms with Gasteiger partial charge in [0.15, 0.2) is 0 Å². The van der Waals surface area contributed by atoms with Gasteiger partial charge >= 0.3 is 0 Å². The maximum absolute atomic E-state index is 3.65. The van der Waals surface area contributed by atoms with Crippen molar-refractivity contribution in [2.45, 2.75) is 25.8 Å². The molecule has 2 aliphatic rings. The molecule has 0 unspecified atom stereocenters. The number of nitrogens with one attached hydrogen (secondary N) is 1. The summed E-state index contributed by atoms with van der Waals surface area (Å²) in [5.41, 5.74) is 4.30. The quantitative estimate of drug-likeness (QED) is 0.758. The monoisotopic (exact) mass is 383 g/mol. The number of rotatable bonds is 8. The maximum Gasteiger partial charge on any atom is 0.0459 e. The van der Waals surface area contributed by atoms with Gasteiger partial charge in [-0.15, -0.1) is 0 Å². The summed E-state index contributed by atoms with van der Waals surface area (Å²) >= 11 is 0. The number of hydrogen-bond donors (Lipinski definition) is 1. The van der Waals surface area contributed by atoms with E-state index < -0.39 is 0 Å². The van der Waals surface area contributed by atoms with Gasteiger partial charge in [-0.05, 0) is 71.2 Å². The van der Waals surface area contributed by atoms with Crippen molar-refractivity contribution < 1.29 is 0 Å². The first kappa shape index (κ1) is 19.9. The number of aromatic nitrogens is 1. The predicted molar refractivity (Wildman–Crippen MR) is 118 cm³/mol. The normalized spacial score (nSPS) is 19.5. The van der Waals surface area contributed by atoms with E-state index in [1.807, 2.05) is 0 Å². The molecule has 2 aliphatic heterocycles. The lowest BCUT2D eigenvalue weighted by Crippen LogP contribution is -2.47. The fraction of sp³-hybridized carbons (Fsp3) is 0.652. The number of para-hydroxylation sites is 1. The molecule has 5 heteroatoms. The molecule has 1 saturated heterocycles. The maximum atomic E-state index is 3.65. The second-order valence-corrected chi connectivity index (χ2v) is 8.85. The van der Waals surface area contributed by atoms with Gasteiger partial charge in [0.25, 0.3) is 0 Å². The number of fused-ring (bicyclic) bond motifs is 3. The molecule has 1 N–H and O–H groups in total. The standard InChI is InChI=1S/C23H37N5/c1-25(2)10-5-11-26-15-17-27(18-16-26)12-6-13-28-14-9-21-20-7-3-4-8-22(20)24-23(21)19-28/h3-4,7-8,24H,5-6,9-19H2,1-2H3. The Hall–Kier alpha value is -1.40. The van der Waals surface area contributed by atoms with Gasteiger partial charge in [-0.3, -0.25) is 4.90 Å². The van der Waals surface area contributed by atoms with Gasteiger partial charge in [0.05, 0.1) is 0 Å². The van der Waals surface area contributed by atoms with E-state index in [4.69, 9.17) is 0 Å². The molecule has 2 aromatic rings. The molecule has 1 fully saturated rings. The highest BCUT2D eigenvalue weighted by atomic mass is 15.3. The Bertz CT molecular complexity index is 745. The summed E-state index contributed by atoms with van der Waals surface area (Å²) in [7, 11) is 4.33. The zero-order chi connectivity index (χ0) is 19.3. The van der Waals surface area contributed by atoms with E-state index >= 15 is 0 Å². The Morgan fingerprint density at radius 3 is 2.29 bits per heavy atom. The second-order valence-electron chi connectivity index (χ2n) is 8.85.